The number of nitrogens with two attached hydrogens (primary N) is 1. The molecular weight excluding hydrogens is 216 g/mol. The minimum atomic E-state index is -3.77. The minimum absolute atomic E-state index is 0.128. The number of rotatable bonds is 5. The van der Waals surface area contributed by atoms with Gasteiger partial charge >= 0.3 is 0 Å². The van der Waals surface area contributed by atoms with E-state index in [2.05, 4.69) is 4.72 Å². The Hall–Kier alpha value is -0.180. The van der Waals surface area contributed by atoms with Gasteiger partial charge in [-0.2, -0.15) is 0 Å². The van der Waals surface area contributed by atoms with Gasteiger partial charge in [-0.05, 0) is 6.92 Å². The molecule has 0 aliphatic rings. The average Bonchev–Trinajstić information content (AvgIpc) is 1.80. The van der Waals surface area contributed by atoms with E-state index in [1.807, 2.05) is 0 Å². The molecule has 0 saturated carbocycles. The quantitative estimate of drug-likeness (QED) is 0.583. The smallest absolute Gasteiger partial charge is 0.226 e. The first-order valence-corrected chi connectivity index (χ1v) is 7.25. The van der Waals surface area contributed by atoms with Gasteiger partial charge in [0.05, 0.1) is 0 Å². The molecule has 0 saturated heterocycles. The second-order valence-electron chi connectivity index (χ2n) is 2.91. The molecule has 13 heavy (non-hydrogen) atoms. The second kappa shape index (κ2) is 4.36. The third kappa shape index (κ3) is 6.94. The van der Waals surface area contributed by atoms with Crippen LogP contribution in [0.4, 0.5) is 0 Å². The van der Waals surface area contributed by atoms with Crippen LogP contribution in [-0.4, -0.2) is 40.8 Å². The first kappa shape index (κ1) is 12.8. The van der Waals surface area contributed by atoms with Gasteiger partial charge in [-0.25, -0.2) is 21.6 Å². The molecular formula is C5H14N2O4S2. The molecule has 0 aromatic heterocycles. The maximum Gasteiger partial charge on any atom is 0.226 e. The summed E-state index contributed by atoms with van der Waals surface area (Å²) in [7, 11) is -7.30. The summed E-state index contributed by atoms with van der Waals surface area (Å²) in [6.45, 7) is 1.68. The van der Waals surface area contributed by atoms with Crippen molar-refractivity contribution in [2.75, 3.05) is 17.9 Å². The molecule has 0 aromatic rings. The fourth-order valence-electron chi connectivity index (χ4n) is 0.670. The van der Waals surface area contributed by atoms with Crippen molar-refractivity contribution in [1.29, 1.82) is 0 Å². The molecule has 0 aliphatic heterocycles. The van der Waals surface area contributed by atoms with Crippen molar-refractivity contribution < 1.29 is 16.8 Å². The Kier molecular flexibility index (Phi) is 4.30. The van der Waals surface area contributed by atoms with Gasteiger partial charge in [-0.15, -0.1) is 0 Å². The summed E-state index contributed by atoms with van der Waals surface area (Å²) < 4.78 is 45.6. The molecule has 3 N–H and O–H groups in total. The summed E-state index contributed by atoms with van der Waals surface area (Å²) in [5.74, 6) is 0. The highest BCUT2D eigenvalue weighted by molar-refractivity contribution is 8.06. The summed E-state index contributed by atoms with van der Waals surface area (Å²) in [5.41, 5.74) is 5.17. The number of sulfone groups is 1. The first-order valence-electron chi connectivity index (χ1n) is 3.54. The van der Waals surface area contributed by atoms with Crippen molar-refractivity contribution in [1.82, 2.24) is 4.72 Å². The van der Waals surface area contributed by atoms with E-state index < -0.39 is 31.0 Å². The lowest BCUT2D eigenvalue weighted by Gasteiger charge is -2.10. The maximum atomic E-state index is 11.1. The third-order valence-corrected chi connectivity index (χ3v) is 4.82. The van der Waals surface area contributed by atoms with Crippen LogP contribution in [0.25, 0.3) is 0 Å². The normalized spacial score (nSPS) is 15.6. The number of nitrogens with one attached hydrogen (secondary N) is 1. The van der Waals surface area contributed by atoms with Crippen molar-refractivity contribution >= 4 is 19.9 Å². The van der Waals surface area contributed by atoms with Gasteiger partial charge in [-0.1, -0.05) is 0 Å². The van der Waals surface area contributed by atoms with Crippen LogP contribution in [0.5, 0.6) is 0 Å². The van der Waals surface area contributed by atoms with Crippen molar-refractivity contribution in [3.05, 3.63) is 0 Å². The number of hydrogen-bond donors (Lipinski definition) is 2. The van der Waals surface area contributed by atoms with Gasteiger partial charge in [0.15, 0.2) is 14.9 Å². The van der Waals surface area contributed by atoms with E-state index in [0.29, 0.717) is 0 Å². The molecule has 0 radical (unpaired) electrons. The van der Waals surface area contributed by atoms with Gasteiger partial charge in [0.1, 0.15) is 0 Å². The summed E-state index contributed by atoms with van der Waals surface area (Å²) in [5, 5.41) is -0.898. The minimum Gasteiger partial charge on any atom is -0.329 e. The van der Waals surface area contributed by atoms with Crippen LogP contribution < -0.4 is 10.5 Å². The maximum absolute atomic E-state index is 11.1. The Bertz CT molecular complexity index is 345. The number of hydrogen-bond acceptors (Lipinski definition) is 5. The highest BCUT2D eigenvalue weighted by atomic mass is 32.3. The van der Waals surface area contributed by atoms with Crippen LogP contribution in [0.15, 0.2) is 0 Å². The van der Waals surface area contributed by atoms with E-state index in [-0.39, 0.29) is 6.54 Å². The molecule has 0 bridgehead atoms. The lowest BCUT2D eigenvalue weighted by atomic mass is 10.4. The van der Waals surface area contributed by atoms with E-state index in [9.17, 15) is 16.8 Å². The molecule has 0 fully saturated rings. The highest BCUT2D eigenvalue weighted by Crippen LogP contribution is 1.93. The molecule has 80 valence electrons. The SMILES string of the molecule is CC(CN)NS(=O)(=O)CS(C)(=O)=O. The Morgan fingerprint density at radius 3 is 2.08 bits per heavy atom. The molecule has 0 rings (SSSR count). The highest BCUT2D eigenvalue weighted by Gasteiger charge is 2.19. The molecule has 0 aromatic carbocycles. The molecule has 0 aliphatic carbocycles. The summed E-state index contributed by atoms with van der Waals surface area (Å²) >= 11 is 0. The van der Waals surface area contributed by atoms with Crippen molar-refractivity contribution in [3.8, 4) is 0 Å². The molecule has 1 atom stereocenters. The lowest BCUT2D eigenvalue weighted by Crippen LogP contribution is -2.40. The Labute approximate surface area is 78.5 Å². The van der Waals surface area contributed by atoms with Crippen molar-refractivity contribution in [3.63, 3.8) is 0 Å². The summed E-state index contributed by atoms with van der Waals surface area (Å²) in [4.78, 5) is 0. The van der Waals surface area contributed by atoms with Gasteiger partial charge < -0.3 is 5.73 Å². The molecule has 0 amide bonds. The standard InChI is InChI=1S/C5H14N2O4S2/c1-5(3-6)7-13(10,11)4-12(2,8)9/h5,7H,3-4,6H2,1-2H3. The van der Waals surface area contributed by atoms with E-state index in [1.54, 1.807) is 6.92 Å². The van der Waals surface area contributed by atoms with Crippen LogP contribution >= 0.6 is 0 Å². The molecule has 0 heterocycles. The van der Waals surface area contributed by atoms with E-state index >= 15 is 0 Å². The Morgan fingerprint density at radius 1 is 1.31 bits per heavy atom. The van der Waals surface area contributed by atoms with Gasteiger partial charge in [0.2, 0.25) is 10.0 Å². The zero-order valence-corrected chi connectivity index (χ0v) is 9.15. The van der Waals surface area contributed by atoms with E-state index in [1.165, 1.54) is 0 Å². The molecule has 8 heteroatoms. The monoisotopic (exact) mass is 230 g/mol. The van der Waals surface area contributed by atoms with Gasteiger partial charge in [-0.3, -0.25) is 0 Å². The predicted octanol–water partition coefficient (Wildman–Crippen LogP) is -1.74. The number of sulfonamides is 1. The van der Waals surface area contributed by atoms with Gasteiger partial charge in [0, 0.05) is 18.8 Å². The summed E-state index contributed by atoms with van der Waals surface area (Å²) in [6, 6.07) is -0.452. The first-order chi connectivity index (χ1) is 5.66. The van der Waals surface area contributed by atoms with Crippen molar-refractivity contribution in [2.24, 2.45) is 5.73 Å². The average molecular weight is 230 g/mol. The molecule has 6 nitrogen and oxygen atoms in total. The lowest BCUT2D eigenvalue weighted by molar-refractivity contribution is 0.564. The Balaban J connectivity index is 4.45. The van der Waals surface area contributed by atoms with Crippen molar-refractivity contribution in [2.45, 2.75) is 13.0 Å². The van der Waals surface area contributed by atoms with Crippen LogP contribution in [-0.2, 0) is 19.9 Å². The van der Waals surface area contributed by atoms with Crippen LogP contribution in [0.2, 0.25) is 0 Å². The Morgan fingerprint density at radius 2 is 1.77 bits per heavy atom. The van der Waals surface area contributed by atoms with E-state index in [0.717, 1.165) is 6.26 Å². The van der Waals surface area contributed by atoms with E-state index in [4.69, 9.17) is 5.73 Å². The summed E-state index contributed by atoms with van der Waals surface area (Å²) in [6.07, 6.45) is 0.860. The molecule has 1 unspecified atom stereocenters. The van der Waals surface area contributed by atoms with Gasteiger partial charge in [0.25, 0.3) is 0 Å². The zero-order chi connectivity index (χ0) is 10.7. The third-order valence-electron chi connectivity index (χ3n) is 1.10. The fourth-order valence-corrected chi connectivity index (χ4v) is 3.91. The van der Waals surface area contributed by atoms with Crippen LogP contribution in [0, 0.1) is 0 Å². The molecule has 0 spiro atoms. The zero-order valence-electron chi connectivity index (χ0n) is 7.52. The fraction of sp³-hybridized carbons (Fsp3) is 1.00. The van der Waals surface area contributed by atoms with Crippen LogP contribution in [0.1, 0.15) is 6.92 Å². The predicted molar refractivity (Wildman–Crippen MR) is 50.3 cm³/mol. The second-order valence-corrected chi connectivity index (χ2v) is 7.17. The van der Waals surface area contributed by atoms with Crippen LogP contribution in [0.3, 0.4) is 0 Å². The topological polar surface area (TPSA) is 106 Å². The largest absolute Gasteiger partial charge is 0.329 e.